The summed E-state index contributed by atoms with van der Waals surface area (Å²) < 4.78 is 19.2. The third-order valence-corrected chi connectivity index (χ3v) is 6.39. The van der Waals surface area contributed by atoms with Gasteiger partial charge in [0.25, 0.3) is 0 Å². The summed E-state index contributed by atoms with van der Waals surface area (Å²) in [5.74, 6) is 0.419. The summed E-state index contributed by atoms with van der Waals surface area (Å²) in [5, 5.41) is 0. The number of hydrogen-bond donors (Lipinski definition) is 2. The summed E-state index contributed by atoms with van der Waals surface area (Å²) in [5.41, 5.74) is 10.2. The van der Waals surface area contributed by atoms with Crippen LogP contribution in [0.1, 0.15) is 34.8 Å². The second-order valence-corrected chi connectivity index (χ2v) is 9.12. The van der Waals surface area contributed by atoms with Crippen LogP contribution >= 0.6 is 0 Å². The van der Waals surface area contributed by atoms with Gasteiger partial charge in [-0.2, -0.15) is 0 Å². The highest BCUT2D eigenvalue weighted by atomic mass is 19.1. The van der Waals surface area contributed by atoms with Gasteiger partial charge in [-0.1, -0.05) is 60.7 Å². The van der Waals surface area contributed by atoms with Crippen LogP contribution in [0.2, 0.25) is 0 Å². The molecule has 5 rings (SSSR count). The largest absolute Gasteiger partial charge is 0.489 e. The van der Waals surface area contributed by atoms with Crippen LogP contribution in [-0.4, -0.2) is 21.8 Å². The fourth-order valence-corrected chi connectivity index (χ4v) is 4.45. The molecule has 1 aliphatic rings. The van der Waals surface area contributed by atoms with E-state index in [1.165, 1.54) is 12.1 Å². The molecule has 0 bridgehead atoms. The van der Waals surface area contributed by atoms with Gasteiger partial charge in [0, 0.05) is 18.8 Å². The lowest BCUT2D eigenvalue weighted by Crippen LogP contribution is -2.45. The van der Waals surface area contributed by atoms with Crippen molar-refractivity contribution in [1.29, 1.82) is 0 Å². The molecule has 2 unspecified atom stereocenters. The zero-order chi connectivity index (χ0) is 25.5. The average Bonchev–Trinajstić information content (AvgIpc) is 3.44. The van der Waals surface area contributed by atoms with Crippen molar-refractivity contribution in [1.82, 2.24) is 20.7 Å². The molecule has 4 aromatic rings. The van der Waals surface area contributed by atoms with Crippen molar-refractivity contribution in [2.75, 3.05) is 0 Å². The van der Waals surface area contributed by atoms with Crippen molar-refractivity contribution in [3.8, 4) is 5.75 Å². The Bertz CT molecular complexity index is 1300. The molecule has 2 heterocycles. The van der Waals surface area contributed by atoms with Gasteiger partial charge in [0.15, 0.2) is 0 Å². The third kappa shape index (κ3) is 6.58. The smallest absolute Gasteiger partial charge is 0.241 e. The second-order valence-electron chi connectivity index (χ2n) is 9.12. The first-order valence-corrected chi connectivity index (χ1v) is 12.3. The number of nitrogens with zero attached hydrogens (tertiary/aromatic N) is 2. The Kier molecular flexibility index (Phi) is 7.84. The maximum atomic E-state index is 13.6. The van der Waals surface area contributed by atoms with Gasteiger partial charge in [0.05, 0.1) is 12.2 Å². The Hall–Kier alpha value is -4.07. The van der Waals surface area contributed by atoms with Gasteiger partial charge in [-0.25, -0.2) is 15.2 Å². The summed E-state index contributed by atoms with van der Waals surface area (Å²) in [6.45, 7) is 1.13. The molecule has 1 fully saturated rings. The SMILES string of the molecule is O=C(C1CC(c2ccccc2)NN1)N(Cc1ccc(OCc2cccc(F)c2)cc1)Cc1ccccn1. The highest BCUT2D eigenvalue weighted by Gasteiger charge is 2.33. The number of hydrazine groups is 1. The maximum absolute atomic E-state index is 13.6. The molecule has 1 aliphatic heterocycles. The monoisotopic (exact) mass is 496 g/mol. The minimum absolute atomic E-state index is 0.0167. The first-order chi connectivity index (χ1) is 18.1. The van der Waals surface area contributed by atoms with Crippen LogP contribution in [0.15, 0.2) is 103 Å². The normalized spacial score (nSPS) is 16.9. The lowest BCUT2D eigenvalue weighted by molar-refractivity contribution is -0.134. The highest BCUT2D eigenvalue weighted by Crippen LogP contribution is 2.24. The fraction of sp³-hybridized carbons (Fsp3) is 0.200. The molecule has 3 aromatic carbocycles. The zero-order valence-corrected chi connectivity index (χ0v) is 20.4. The molecule has 0 radical (unpaired) electrons. The highest BCUT2D eigenvalue weighted by molar-refractivity contribution is 5.82. The first kappa shape index (κ1) is 24.6. The van der Waals surface area contributed by atoms with Crippen LogP contribution in [-0.2, 0) is 24.5 Å². The summed E-state index contributed by atoms with van der Waals surface area (Å²) in [6, 6.07) is 29.6. The second kappa shape index (κ2) is 11.8. The minimum Gasteiger partial charge on any atom is -0.489 e. The third-order valence-electron chi connectivity index (χ3n) is 6.39. The van der Waals surface area contributed by atoms with Crippen molar-refractivity contribution in [2.45, 2.75) is 38.2 Å². The van der Waals surface area contributed by atoms with Gasteiger partial charge in [0.1, 0.15) is 24.2 Å². The van der Waals surface area contributed by atoms with E-state index in [4.69, 9.17) is 4.74 Å². The van der Waals surface area contributed by atoms with E-state index < -0.39 is 0 Å². The van der Waals surface area contributed by atoms with Crippen molar-refractivity contribution in [2.24, 2.45) is 0 Å². The Morgan fingerprint density at radius 2 is 1.70 bits per heavy atom. The summed E-state index contributed by atoms with van der Waals surface area (Å²) in [7, 11) is 0. The number of halogens is 1. The molecule has 1 saturated heterocycles. The Morgan fingerprint density at radius 1 is 0.892 bits per heavy atom. The number of benzene rings is 3. The number of amides is 1. The van der Waals surface area contributed by atoms with Crippen LogP contribution in [0.25, 0.3) is 0 Å². The molecule has 37 heavy (non-hydrogen) atoms. The molecule has 6 nitrogen and oxygen atoms in total. The van der Waals surface area contributed by atoms with E-state index in [-0.39, 0.29) is 30.4 Å². The van der Waals surface area contributed by atoms with Gasteiger partial charge < -0.3 is 9.64 Å². The average molecular weight is 497 g/mol. The molecular weight excluding hydrogens is 467 g/mol. The summed E-state index contributed by atoms with van der Waals surface area (Å²) >= 11 is 0. The van der Waals surface area contributed by atoms with E-state index in [0.717, 1.165) is 22.4 Å². The molecule has 2 atom stereocenters. The fourth-order valence-electron chi connectivity index (χ4n) is 4.45. The number of pyridine rings is 1. The Morgan fingerprint density at radius 3 is 2.46 bits per heavy atom. The summed E-state index contributed by atoms with van der Waals surface area (Å²) in [6.07, 6.45) is 2.40. The van der Waals surface area contributed by atoms with E-state index in [1.54, 1.807) is 12.3 Å². The van der Waals surface area contributed by atoms with E-state index >= 15 is 0 Å². The van der Waals surface area contributed by atoms with Crippen LogP contribution < -0.4 is 15.6 Å². The van der Waals surface area contributed by atoms with Crippen LogP contribution in [0, 0.1) is 5.82 Å². The topological polar surface area (TPSA) is 66.5 Å². The van der Waals surface area contributed by atoms with Gasteiger partial charge >= 0.3 is 0 Å². The molecule has 1 amide bonds. The zero-order valence-electron chi connectivity index (χ0n) is 20.4. The van der Waals surface area contributed by atoms with Crippen molar-refractivity contribution < 1.29 is 13.9 Å². The molecule has 0 aliphatic carbocycles. The Balaban J connectivity index is 1.25. The van der Waals surface area contributed by atoms with Gasteiger partial charge in [0.2, 0.25) is 5.91 Å². The van der Waals surface area contributed by atoms with Crippen molar-refractivity contribution >= 4 is 5.91 Å². The van der Waals surface area contributed by atoms with Crippen LogP contribution in [0.5, 0.6) is 5.75 Å². The molecule has 0 saturated carbocycles. The van der Waals surface area contributed by atoms with Crippen molar-refractivity contribution in [3.05, 3.63) is 131 Å². The van der Waals surface area contributed by atoms with E-state index in [1.807, 2.05) is 71.6 Å². The molecule has 1 aromatic heterocycles. The standard InChI is InChI=1S/C30H29FN4O2/c31-25-10-6-7-23(17-25)21-37-27-14-12-22(13-15-27)19-35(20-26-11-4-5-16-32-26)30(36)29-18-28(33-34-29)24-8-2-1-3-9-24/h1-17,28-29,33-34H,18-21H2. The van der Waals surface area contributed by atoms with Crippen LogP contribution in [0.3, 0.4) is 0 Å². The predicted molar refractivity (Wildman–Crippen MR) is 140 cm³/mol. The lowest BCUT2D eigenvalue weighted by atomic mass is 10.0. The quantitative estimate of drug-likeness (QED) is 0.344. The molecule has 0 spiro atoms. The number of carbonyl (C=O) groups is 1. The molecule has 2 N–H and O–H groups in total. The van der Waals surface area contributed by atoms with E-state index in [9.17, 15) is 9.18 Å². The number of rotatable bonds is 9. The number of ether oxygens (including phenoxy) is 1. The number of hydrogen-bond acceptors (Lipinski definition) is 5. The van der Waals surface area contributed by atoms with Crippen molar-refractivity contribution in [3.63, 3.8) is 0 Å². The maximum Gasteiger partial charge on any atom is 0.241 e. The minimum atomic E-state index is -0.345. The van der Waals surface area contributed by atoms with E-state index in [2.05, 4.69) is 28.0 Å². The number of carbonyl (C=O) groups excluding carboxylic acids is 1. The molecule has 188 valence electrons. The van der Waals surface area contributed by atoms with E-state index in [0.29, 0.717) is 25.3 Å². The summed E-state index contributed by atoms with van der Waals surface area (Å²) in [4.78, 5) is 19.9. The molecule has 7 heteroatoms. The predicted octanol–water partition coefficient (Wildman–Crippen LogP) is 4.94. The lowest BCUT2D eigenvalue weighted by Gasteiger charge is -2.25. The Labute approximate surface area is 216 Å². The molecular formula is C30H29FN4O2. The van der Waals surface area contributed by atoms with Gasteiger partial charge in [-0.3, -0.25) is 9.78 Å². The first-order valence-electron chi connectivity index (χ1n) is 12.3. The van der Waals surface area contributed by atoms with Crippen LogP contribution in [0.4, 0.5) is 4.39 Å². The van der Waals surface area contributed by atoms with Gasteiger partial charge in [-0.15, -0.1) is 0 Å². The number of nitrogens with one attached hydrogen (secondary N) is 2. The number of aromatic nitrogens is 1. The van der Waals surface area contributed by atoms with Gasteiger partial charge in [-0.05, 0) is 59.5 Å².